The molecule has 0 bridgehead atoms. The third-order valence-electron chi connectivity index (χ3n) is 4.06. The quantitative estimate of drug-likeness (QED) is 0.811. The summed E-state index contributed by atoms with van der Waals surface area (Å²) in [4.78, 5) is 22.6. The number of aromatic nitrogens is 1. The monoisotopic (exact) mass is 319 g/mol. The highest BCUT2D eigenvalue weighted by Crippen LogP contribution is 2.28. The number of hydrogen-bond donors (Lipinski definition) is 0. The van der Waals surface area contributed by atoms with Gasteiger partial charge < -0.3 is 14.5 Å². The highest BCUT2D eigenvalue weighted by atomic mass is 32.1. The molecule has 0 aliphatic carbocycles. The fourth-order valence-electron chi connectivity index (χ4n) is 2.76. The Morgan fingerprint density at radius 1 is 1.50 bits per heavy atom. The van der Waals surface area contributed by atoms with Gasteiger partial charge in [-0.3, -0.25) is 0 Å². The molecule has 1 aliphatic heterocycles. The minimum atomic E-state index is -0.263. The summed E-state index contributed by atoms with van der Waals surface area (Å²) in [5.41, 5.74) is 0. The molecule has 3 heterocycles. The van der Waals surface area contributed by atoms with E-state index in [4.69, 9.17) is 9.72 Å². The fourth-order valence-corrected chi connectivity index (χ4v) is 3.68. The first kappa shape index (κ1) is 15.2. The molecule has 5 nitrogen and oxygen atoms in total. The molecule has 22 heavy (non-hydrogen) atoms. The normalized spacial score (nSPS) is 18.4. The summed E-state index contributed by atoms with van der Waals surface area (Å²) in [5, 5.41) is 1.00. The number of rotatable bonds is 4. The van der Waals surface area contributed by atoms with Gasteiger partial charge in [0, 0.05) is 24.5 Å². The van der Waals surface area contributed by atoms with Gasteiger partial charge in [-0.05, 0) is 45.6 Å². The first-order valence-corrected chi connectivity index (χ1v) is 8.39. The second kappa shape index (κ2) is 6.22. The number of hydrogen-bond acceptors (Lipinski definition) is 6. The maximum Gasteiger partial charge on any atom is 0.348 e. The Morgan fingerprint density at radius 3 is 3.00 bits per heavy atom. The van der Waals surface area contributed by atoms with Crippen molar-refractivity contribution < 1.29 is 9.53 Å². The number of likely N-dealkylation sites (N-methyl/N-ethyl adjacent to an activating group) is 1. The summed E-state index contributed by atoms with van der Waals surface area (Å²) in [5.74, 6) is 0.731. The van der Waals surface area contributed by atoms with E-state index in [0.717, 1.165) is 35.5 Å². The minimum absolute atomic E-state index is 0.263. The molecule has 0 spiro atoms. The van der Waals surface area contributed by atoms with Crippen molar-refractivity contribution in [2.75, 3.05) is 38.7 Å². The van der Waals surface area contributed by atoms with Crippen molar-refractivity contribution in [2.45, 2.75) is 19.4 Å². The van der Waals surface area contributed by atoms with Crippen molar-refractivity contribution in [3.63, 3.8) is 0 Å². The van der Waals surface area contributed by atoms with Gasteiger partial charge in [0.2, 0.25) is 0 Å². The van der Waals surface area contributed by atoms with Crippen LogP contribution in [0.15, 0.2) is 18.2 Å². The molecule has 1 aliphatic rings. The summed E-state index contributed by atoms with van der Waals surface area (Å²) >= 11 is 1.40. The van der Waals surface area contributed by atoms with Crippen LogP contribution in [0.3, 0.4) is 0 Å². The summed E-state index contributed by atoms with van der Waals surface area (Å²) in [6, 6.07) is 6.53. The minimum Gasteiger partial charge on any atom is -0.462 e. The average molecular weight is 319 g/mol. The number of nitrogens with zero attached hydrogens (tertiary/aromatic N) is 3. The molecular formula is C16H21N3O2S. The van der Waals surface area contributed by atoms with Gasteiger partial charge in [-0.2, -0.15) is 0 Å². The van der Waals surface area contributed by atoms with Crippen LogP contribution in [0.2, 0.25) is 0 Å². The average Bonchev–Trinajstić information content (AvgIpc) is 3.13. The number of carbonyl (C=O) groups is 1. The van der Waals surface area contributed by atoms with Crippen molar-refractivity contribution in [3.05, 3.63) is 23.1 Å². The van der Waals surface area contributed by atoms with Crippen LogP contribution in [-0.4, -0.2) is 55.7 Å². The highest BCUT2D eigenvalue weighted by Gasteiger charge is 2.25. The first-order chi connectivity index (χ1) is 10.6. The van der Waals surface area contributed by atoms with Gasteiger partial charge in [0.1, 0.15) is 15.5 Å². The molecule has 118 valence electrons. The number of carbonyl (C=O) groups excluding carboxylic acids is 1. The predicted octanol–water partition coefficient (Wildman–Crippen LogP) is 2.61. The van der Waals surface area contributed by atoms with E-state index in [2.05, 4.69) is 23.9 Å². The third kappa shape index (κ3) is 2.94. The highest BCUT2D eigenvalue weighted by molar-refractivity contribution is 7.20. The van der Waals surface area contributed by atoms with Gasteiger partial charge in [0.25, 0.3) is 0 Å². The molecule has 1 atom stereocenters. The van der Waals surface area contributed by atoms with Gasteiger partial charge in [0.15, 0.2) is 0 Å². The smallest absolute Gasteiger partial charge is 0.348 e. The molecule has 2 aromatic heterocycles. The molecule has 1 saturated heterocycles. The third-order valence-corrected chi connectivity index (χ3v) is 5.09. The number of anilines is 1. The lowest BCUT2D eigenvalue weighted by molar-refractivity contribution is 0.0532. The second-order valence-corrected chi connectivity index (χ2v) is 6.78. The zero-order chi connectivity index (χ0) is 15.7. The van der Waals surface area contributed by atoms with Crippen LogP contribution in [0, 0.1) is 0 Å². The van der Waals surface area contributed by atoms with Gasteiger partial charge in [-0.15, -0.1) is 11.3 Å². The van der Waals surface area contributed by atoms with Gasteiger partial charge in [-0.1, -0.05) is 0 Å². The molecule has 0 saturated carbocycles. The van der Waals surface area contributed by atoms with E-state index in [0.29, 0.717) is 17.5 Å². The SMILES string of the molecule is CCOC(=O)c1cc2ccc(N3CCC(N(C)C)C3)nc2s1. The number of fused-ring (bicyclic) bond motifs is 1. The molecule has 0 aromatic carbocycles. The molecule has 0 N–H and O–H groups in total. The number of esters is 1. The van der Waals surface area contributed by atoms with Crippen molar-refractivity contribution in [3.8, 4) is 0 Å². The van der Waals surface area contributed by atoms with Crippen molar-refractivity contribution in [1.29, 1.82) is 0 Å². The Hall–Kier alpha value is -1.66. The molecule has 0 amide bonds. The topological polar surface area (TPSA) is 45.7 Å². The summed E-state index contributed by atoms with van der Waals surface area (Å²) in [7, 11) is 4.24. The Balaban J connectivity index is 1.83. The van der Waals surface area contributed by atoms with E-state index in [-0.39, 0.29) is 5.97 Å². The number of pyridine rings is 1. The van der Waals surface area contributed by atoms with Gasteiger partial charge in [-0.25, -0.2) is 9.78 Å². The maximum atomic E-state index is 11.8. The molecule has 3 rings (SSSR count). The van der Waals surface area contributed by atoms with Crippen LogP contribution >= 0.6 is 11.3 Å². The van der Waals surface area contributed by atoms with E-state index in [1.165, 1.54) is 11.3 Å². The fraction of sp³-hybridized carbons (Fsp3) is 0.500. The lowest BCUT2D eigenvalue weighted by atomic mass is 10.2. The number of thiophene rings is 1. The molecular weight excluding hydrogens is 298 g/mol. The summed E-state index contributed by atoms with van der Waals surface area (Å²) in [6.45, 7) is 4.24. The lowest BCUT2D eigenvalue weighted by Gasteiger charge is -2.21. The van der Waals surface area contributed by atoms with Crippen molar-refractivity contribution in [1.82, 2.24) is 9.88 Å². The van der Waals surface area contributed by atoms with Crippen LogP contribution < -0.4 is 4.90 Å². The van der Waals surface area contributed by atoms with E-state index in [1.54, 1.807) is 0 Å². The van der Waals surface area contributed by atoms with Crippen LogP contribution in [0.5, 0.6) is 0 Å². The second-order valence-electron chi connectivity index (χ2n) is 5.75. The zero-order valence-electron chi connectivity index (χ0n) is 13.2. The van der Waals surface area contributed by atoms with Crippen LogP contribution in [-0.2, 0) is 4.74 Å². The van der Waals surface area contributed by atoms with E-state index in [9.17, 15) is 4.79 Å². The summed E-state index contributed by atoms with van der Waals surface area (Å²) in [6.07, 6.45) is 1.16. The molecule has 2 aromatic rings. The Bertz CT molecular complexity index is 683. The molecule has 0 radical (unpaired) electrons. The van der Waals surface area contributed by atoms with Crippen LogP contribution in [0.1, 0.15) is 23.0 Å². The predicted molar refractivity (Wildman–Crippen MR) is 89.9 cm³/mol. The summed E-state index contributed by atoms with van der Waals surface area (Å²) < 4.78 is 5.06. The Kier molecular flexibility index (Phi) is 4.31. The first-order valence-electron chi connectivity index (χ1n) is 7.57. The van der Waals surface area contributed by atoms with Crippen LogP contribution in [0.4, 0.5) is 5.82 Å². The molecule has 1 unspecified atom stereocenters. The molecule has 1 fully saturated rings. The van der Waals surface area contributed by atoms with E-state index >= 15 is 0 Å². The van der Waals surface area contributed by atoms with Gasteiger partial charge >= 0.3 is 5.97 Å². The number of ether oxygens (including phenoxy) is 1. The van der Waals surface area contributed by atoms with E-state index in [1.807, 2.05) is 25.1 Å². The standard InChI is InChI=1S/C16H21N3O2S/c1-4-21-16(20)13-9-11-5-6-14(17-15(11)22-13)19-8-7-12(10-19)18(2)3/h5-6,9,12H,4,7-8,10H2,1-3H3. The maximum absolute atomic E-state index is 11.8. The Morgan fingerprint density at radius 2 is 2.32 bits per heavy atom. The lowest BCUT2D eigenvalue weighted by Crippen LogP contribution is -2.31. The van der Waals surface area contributed by atoms with Crippen molar-refractivity contribution in [2.24, 2.45) is 0 Å². The van der Waals surface area contributed by atoms with Gasteiger partial charge in [0.05, 0.1) is 6.61 Å². The largest absolute Gasteiger partial charge is 0.462 e. The van der Waals surface area contributed by atoms with Crippen LogP contribution in [0.25, 0.3) is 10.2 Å². The Labute approximate surface area is 134 Å². The molecule has 6 heteroatoms. The zero-order valence-corrected chi connectivity index (χ0v) is 14.0. The van der Waals surface area contributed by atoms with Crippen molar-refractivity contribution >= 4 is 33.3 Å². The van der Waals surface area contributed by atoms with E-state index < -0.39 is 0 Å².